The lowest BCUT2D eigenvalue weighted by atomic mass is 10.1. The molecule has 0 aliphatic heterocycles. The van der Waals surface area contributed by atoms with Crippen LogP contribution in [-0.2, 0) is 6.54 Å². The molecule has 0 aliphatic rings. The SMILES string of the molecule is CCOc1ccc(OCC)c(NC(N)=NCc2ncc(-c3ccc(C)cc3)o2)c1. The van der Waals surface area contributed by atoms with E-state index in [0.29, 0.717) is 36.3 Å². The summed E-state index contributed by atoms with van der Waals surface area (Å²) in [6, 6.07) is 13.6. The standard InChI is InChI=1S/C22H26N4O3/c1-4-27-17-10-11-19(28-5-2)18(12-17)26-22(23)25-14-21-24-13-20(29-21)16-8-6-15(3)7-9-16/h6-13H,4-5,14H2,1-3H3,(H3,23,25,26). The number of aryl methyl sites for hydroxylation is 1. The third-order valence-electron chi connectivity index (χ3n) is 4.10. The largest absolute Gasteiger partial charge is 0.494 e. The maximum atomic E-state index is 6.05. The highest BCUT2D eigenvalue weighted by atomic mass is 16.5. The van der Waals surface area contributed by atoms with Gasteiger partial charge in [-0.2, -0.15) is 0 Å². The summed E-state index contributed by atoms with van der Waals surface area (Å²) in [6.45, 7) is 7.23. The molecule has 1 aromatic heterocycles. The number of nitrogens with zero attached hydrogens (tertiary/aromatic N) is 2. The lowest BCUT2D eigenvalue weighted by Crippen LogP contribution is -2.23. The number of nitrogens with one attached hydrogen (secondary N) is 1. The van der Waals surface area contributed by atoms with Gasteiger partial charge in [-0.25, -0.2) is 9.98 Å². The summed E-state index contributed by atoms with van der Waals surface area (Å²) in [7, 11) is 0. The Morgan fingerprint density at radius 3 is 2.59 bits per heavy atom. The fourth-order valence-electron chi connectivity index (χ4n) is 2.71. The van der Waals surface area contributed by atoms with Gasteiger partial charge in [-0.3, -0.25) is 0 Å². The summed E-state index contributed by atoms with van der Waals surface area (Å²) in [5.41, 5.74) is 8.90. The van der Waals surface area contributed by atoms with Crippen LogP contribution in [0.3, 0.4) is 0 Å². The topological polar surface area (TPSA) is 94.9 Å². The summed E-state index contributed by atoms with van der Waals surface area (Å²) in [5.74, 6) is 2.81. The van der Waals surface area contributed by atoms with Crippen molar-refractivity contribution in [1.29, 1.82) is 0 Å². The summed E-state index contributed by atoms with van der Waals surface area (Å²) in [6.07, 6.45) is 1.69. The highest BCUT2D eigenvalue weighted by molar-refractivity contribution is 5.94. The van der Waals surface area contributed by atoms with Crippen LogP contribution in [0.2, 0.25) is 0 Å². The van der Waals surface area contributed by atoms with Gasteiger partial charge < -0.3 is 24.9 Å². The lowest BCUT2D eigenvalue weighted by molar-refractivity contribution is 0.332. The van der Waals surface area contributed by atoms with Crippen LogP contribution in [0.1, 0.15) is 25.3 Å². The Balaban J connectivity index is 1.69. The van der Waals surface area contributed by atoms with E-state index in [2.05, 4.69) is 15.3 Å². The second-order valence-corrected chi connectivity index (χ2v) is 6.33. The molecule has 0 amide bonds. The molecule has 0 saturated carbocycles. The maximum Gasteiger partial charge on any atom is 0.216 e. The van der Waals surface area contributed by atoms with E-state index in [0.717, 1.165) is 11.3 Å². The molecule has 7 nitrogen and oxygen atoms in total. The molecule has 0 fully saturated rings. The van der Waals surface area contributed by atoms with Gasteiger partial charge in [0.05, 0.1) is 25.1 Å². The maximum absolute atomic E-state index is 6.05. The average molecular weight is 394 g/mol. The van der Waals surface area contributed by atoms with E-state index in [-0.39, 0.29) is 12.5 Å². The van der Waals surface area contributed by atoms with Gasteiger partial charge in [0, 0.05) is 11.6 Å². The van der Waals surface area contributed by atoms with Gasteiger partial charge in [0.2, 0.25) is 5.89 Å². The number of anilines is 1. The Morgan fingerprint density at radius 2 is 1.86 bits per heavy atom. The molecule has 3 rings (SSSR count). The number of guanidine groups is 1. The van der Waals surface area contributed by atoms with Crippen LogP contribution in [0, 0.1) is 6.92 Å². The summed E-state index contributed by atoms with van der Waals surface area (Å²) >= 11 is 0. The summed E-state index contributed by atoms with van der Waals surface area (Å²) < 4.78 is 17.0. The minimum absolute atomic E-state index is 0.222. The second-order valence-electron chi connectivity index (χ2n) is 6.33. The van der Waals surface area contributed by atoms with Crippen LogP contribution in [0.5, 0.6) is 11.5 Å². The molecule has 0 unspecified atom stereocenters. The number of hydrogen-bond donors (Lipinski definition) is 2. The van der Waals surface area contributed by atoms with Gasteiger partial charge in [0.15, 0.2) is 11.7 Å². The molecule has 0 bridgehead atoms. The van der Waals surface area contributed by atoms with E-state index in [1.807, 2.05) is 63.2 Å². The van der Waals surface area contributed by atoms with E-state index in [4.69, 9.17) is 19.6 Å². The summed E-state index contributed by atoms with van der Waals surface area (Å²) in [4.78, 5) is 8.60. The monoisotopic (exact) mass is 394 g/mol. The average Bonchev–Trinajstić information content (AvgIpc) is 3.18. The quantitative estimate of drug-likeness (QED) is 0.435. The van der Waals surface area contributed by atoms with Gasteiger partial charge in [-0.15, -0.1) is 0 Å². The van der Waals surface area contributed by atoms with Crippen molar-refractivity contribution in [2.45, 2.75) is 27.3 Å². The molecule has 0 atom stereocenters. The molecular formula is C22H26N4O3. The molecule has 7 heteroatoms. The molecule has 152 valence electrons. The normalized spacial score (nSPS) is 11.3. The summed E-state index contributed by atoms with van der Waals surface area (Å²) in [5, 5.41) is 3.06. The number of oxazole rings is 1. The third kappa shape index (κ3) is 5.51. The zero-order chi connectivity index (χ0) is 20.6. The van der Waals surface area contributed by atoms with Crippen LogP contribution in [0.25, 0.3) is 11.3 Å². The van der Waals surface area contributed by atoms with E-state index in [1.165, 1.54) is 5.56 Å². The number of ether oxygens (including phenoxy) is 2. The molecule has 2 aromatic carbocycles. The third-order valence-corrected chi connectivity index (χ3v) is 4.10. The number of aromatic nitrogens is 1. The van der Waals surface area contributed by atoms with Crippen molar-refractivity contribution in [2.75, 3.05) is 18.5 Å². The molecule has 3 N–H and O–H groups in total. The fourth-order valence-corrected chi connectivity index (χ4v) is 2.71. The van der Waals surface area contributed by atoms with E-state index in [9.17, 15) is 0 Å². The fraction of sp³-hybridized carbons (Fsp3) is 0.273. The molecule has 3 aromatic rings. The molecular weight excluding hydrogens is 368 g/mol. The van der Waals surface area contributed by atoms with Gasteiger partial charge in [-0.1, -0.05) is 29.8 Å². The van der Waals surface area contributed by atoms with Crippen LogP contribution in [-0.4, -0.2) is 24.2 Å². The first-order valence-corrected chi connectivity index (χ1v) is 9.57. The van der Waals surface area contributed by atoms with Crippen molar-refractivity contribution in [3.63, 3.8) is 0 Å². The molecule has 0 saturated heterocycles. The van der Waals surface area contributed by atoms with Gasteiger partial charge in [-0.05, 0) is 32.9 Å². The highest BCUT2D eigenvalue weighted by Gasteiger charge is 2.09. The Kier molecular flexibility index (Phi) is 6.73. The van der Waals surface area contributed by atoms with Crippen molar-refractivity contribution in [1.82, 2.24) is 4.98 Å². The van der Waals surface area contributed by atoms with Gasteiger partial charge in [0.25, 0.3) is 0 Å². The van der Waals surface area contributed by atoms with E-state index in [1.54, 1.807) is 6.20 Å². The Morgan fingerprint density at radius 1 is 1.10 bits per heavy atom. The van der Waals surface area contributed by atoms with Crippen LogP contribution >= 0.6 is 0 Å². The molecule has 1 heterocycles. The first-order chi connectivity index (χ1) is 14.1. The van der Waals surface area contributed by atoms with Crippen molar-refractivity contribution in [2.24, 2.45) is 10.7 Å². The Bertz CT molecular complexity index is 964. The second kappa shape index (κ2) is 9.64. The molecule has 0 spiro atoms. The van der Waals surface area contributed by atoms with Crippen molar-refractivity contribution in [3.8, 4) is 22.8 Å². The first kappa shape index (κ1) is 20.3. The number of benzene rings is 2. The zero-order valence-corrected chi connectivity index (χ0v) is 16.9. The van der Waals surface area contributed by atoms with Crippen LogP contribution in [0.4, 0.5) is 5.69 Å². The van der Waals surface area contributed by atoms with Crippen LogP contribution < -0.4 is 20.5 Å². The highest BCUT2D eigenvalue weighted by Crippen LogP contribution is 2.29. The molecule has 29 heavy (non-hydrogen) atoms. The minimum atomic E-state index is 0.222. The van der Waals surface area contributed by atoms with E-state index < -0.39 is 0 Å². The van der Waals surface area contributed by atoms with Crippen molar-refractivity contribution >= 4 is 11.6 Å². The predicted octanol–water partition coefficient (Wildman–Crippen LogP) is 4.37. The molecule has 0 radical (unpaired) electrons. The van der Waals surface area contributed by atoms with Crippen LogP contribution in [0.15, 0.2) is 58.1 Å². The Hall–Kier alpha value is -3.48. The smallest absolute Gasteiger partial charge is 0.216 e. The number of aliphatic imine (C=N–C) groups is 1. The van der Waals surface area contributed by atoms with Gasteiger partial charge >= 0.3 is 0 Å². The van der Waals surface area contributed by atoms with Crippen molar-refractivity contribution < 1.29 is 13.9 Å². The first-order valence-electron chi connectivity index (χ1n) is 9.57. The minimum Gasteiger partial charge on any atom is -0.494 e. The molecule has 0 aliphatic carbocycles. The number of hydrogen-bond acceptors (Lipinski definition) is 5. The van der Waals surface area contributed by atoms with Gasteiger partial charge in [0.1, 0.15) is 18.0 Å². The van der Waals surface area contributed by atoms with Crippen molar-refractivity contribution in [3.05, 3.63) is 60.1 Å². The zero-order valence-electron chi connectivity index (χ0n) is 16.9. The lowest BCUT2D eigenvalue weighted by Gasteiger charge is -2.13. The Labute approximate surface area is 170 Å². The predicted molar refractivity (Wildman–Crippen MR) is 114 cm³/mol. The van der Waals surface area contributed by atoms with E-state index >= 15 is 0 Å². The number of rotatable bonds is 8. The number of nitrogens with two attached hydrogens (primary N) is 1.